The standard InChI is InChI=1S/C28H32N2O4/c1-27(2,3)24-14-19-12-18(6-8-21(19)30(24)16-26(32)29(4)5)13-25(31)28(10-11-28)20-7-9-22-23(15-20)34-17-33-22/h6-9,12,14-15H,10-11,13,16-17H2,1-5H3. The van der Waals surface area contributed by atoms with Crippen LogP contribution in [0.25, 0.3) is 10.9 Å². The molecule has 5 rings (SSSR count). The SMILES string of the molecule is CN(C)C(=O)Cn1c(C(C)(C)C)cc2cc(CC(=O)C3(c4ccc5c(c4)OCO5)CC3)ccc21. The van der Waals surface area contributed by atoms with E-state index in [9.17, 15) is 9.59 Å². The van der Waals surface area contributed by atoms with Crippen LogP contribution in [0.5, 0.6) is 11.5 Å². The summed E-state index contributed by atoms with van der Waals surface area (Å²) in [6.07, 6.45) is 2.12. The van der Waals surface area contributed by atoms with Gasteiger partial charge in [0.15, 0.2) is 11.5 Å². The molecule has 1 fully saturated rings. The minimum Gasteiger partial charge on any atom is -0.454 e. The number of ketones is 1. The molecule has 0 radical (unpaired) electrons. The topological polar surface area (TPSA) is 60.8 Å². The second-order valence-corrected chi connectivity index (χ2v) is 10.8. The highest BCUT2D eigenvalue weighted by molar-refractivity contribution is 5.95. The minimum atomic E-state index is -0.420. The molecule has 0 bridgehead atoms. The van der Waals surface area contributed by atoms with Crippen molar-refractivity contribution in [2.75, 3.05) is 20.9 Å². The van der Waals surface area contributed by atoms with Gasteiger partial charge in [-0.25, -0.2) is 0 Å². The lowest BCUT2D eigenvalue weighted by Gasteiger charge is -2.23. The monoisotopic (exact) mass is 460 g/mol. The smallest absolute Gasteiger partial charge is 0.242 e. The minimum absolute atomic E-state index is 0.0571. The summed E-state index contributed by atoms with van der Waals surface area (Å²) in [6.45, 7) is 7.00. The Bertz CT molecular complexity index is 1290. The number of fused-ring (bicyclic) bond motifs is 2. The summed E-state index contributed by atoms with van der Waals surface area (Å²) < 4.78 is 13.1. The van der Waals surface area contributed by atoms with Crippen LogP contribution in [0.3, 0.4) is 0 Å². The van der Waals surface area contributed by atoms with Crippen molar-refractivity contribution in [3.05, 3.63) is 59.3 Å². The predicted molar refractivity (Wildman–Crippen MR) is 132 cm³/mol. The molecule has 0 spiro atoms. The molecule has 1 aromatic heterocycles. The maximum atomic E-state index is 13.5. The van der Waals surface area contributed by atoms with Crippen molar-refractivity contribution in [3.63, 3.8) is 0 Å². The van der Waals surface area contributed by atoms with Crippen LogP contribution in [-0.2, 0) is 33.4 Å². The number of likely N-dealkylation sites (N-methyl/N-ethyl adjacent to an activating group) is 1. The van der Waals surface area contributed by atoms with Crippen LogP contribution >= 0.6 is 0 Å². The summed E-state index contributed by atoms with van der Waals surface area (Å²) in [6, 6.07) is 14.2. The maximum Gasteiger partial charge on any atom is 0.242 e. The molecule has 0 N–H and O–H groups in total. The second kappa shape index (κ2) is 7.90. The first-order chi connectivity index (χ1) is 16.1. The maximum absolute atomic E-state index is 13.5. The molecule has 1 saturated carbocycles. The number of amides is 1. The van der Waals surface area contributed by atoms with Gasteiger partial charge in [0.05, 0.1) is 5.41 Å². The van der Waals surface area contributed by atoms with Crippen LogP contribution < -0.4 is 9.47 Å². The molecule has 1 aliphatic carbocycles. The molecule has 2 aliphatic rings. The highest BCUT2D eigenvalue weighted by Gasteiger charge is 2.50. The number of hydrogen-bond donors (Lipinski definition) is 0. The van der Waals surface area contributed by atoms with E-state index < -0.39 is 5.41 Å². The molecule has 0 saturated heterocycles. The first-order valence-corrected chi connectivity index (χ1v) is 11.8. The van der Waals surface area contributed by atoms with E-state index in [1.54, 1.807) is 19.0 Å². The van der Waals surface area contributed by atoms with Gasteiger partial charge in [-0.05, 0) is 54.3 Å². The number of benzene rings is 2. The quantitative estimate of drug-likeness (QED) is 0.540. The molecule has 0 unspecified atom stereocenters. The van der Waals surface area contributed by atoms with Gasteiger partial charge in [-0.15, -0.1) is 0 Å². The molecule has 2 heterocycles. The molecule has 178 valence electrons. The zero-order chi connectivity index (χ0) is 24.3. The van der Waals surface area contributed by atoms with Gasteiger partial charge in [-0.2, -0.15) is 0 Å². The molecular weight excluding hydrogens is 428 g/mol. The number of carbonyl (C=O) groups is 2. The number of aromatic nitrogens is 1. The normalized spacial score (nSPS) is 16.0. The number of Topliss-reactive ketones (excluding diaryl/α,β-unsaturated/α-hetero) is 1. The number of carbonyl (C=O) groups excluding carboxylic acids is 2. The predicted octanol–water partition coefficient (Wildman–Crippen LogP) is 4.60. The van der Waals surface area contributed by atoms with Crippen molar-refractivity contribution in [2.24, 2.45) is 0 Å². The molecule has 3 aromatic rings. The number of hydrogen-bond acceptors (Lipinski definition) is 4. The molecule has 2 aromatic carbocycles. The summed E-state index contributed by atoms with van der Waals surface area (Å²) >= 11 is 0. The van der Waals surface area contributed by atoms with Crippen LogP contribution in [0.15, 0.2) is 42.5 Å². The summed E-state index contributed by atoms with van der Waals surface area (Å²) in [5, 5.41) is 1.06. The average molecular weight is 461 g/mol. The van der Waals surface area contributed by atoms with E-state index in [2.05, 4.69) is 43.5 Å². The third kappa shape index (κ3) is 3.85. The third-order valence-corrected chi connectivity index (χ3v) is 7.10. The first-order valence-electron chi connectivity index (χ1n) is 11.8. The Morgan fingerprint density at radius 1 is 1.00 bits per heavy atom. The molecule has 6 heteroatoms. The van der Waals surface area contributed by atoms with Crippen molar-refractivity contribution in [3.8, 4) is 11.5 Å². The summed E-state index contributed by atoms with van der Waals surface area (Å²) in [4.78, 5) is 27.6. The lowest BCUT2D eigenvalue weighted by atomic mass is 9.87. The molecule has 1 amide bonds. The molecular formula is C28H32N2O4. The summed E-state index contributed by atoms with van der Waals surface area (Å²) in [5.74, 6) is 1.76. The fourth-order valence-electron chi connectivity index (χ4n) is 4.90. The van der Waals surface area contributed by atoms with E-state index in [1.807, 2.05) is 24.3 Å². The Labute approximate surface area is 200 Å². The Morgan fingerprint density at radius 2 is 1.74 bits per heavy atom. The Morgan fingerprint density at radius 3 is 2.41 bits per heavy atom. The number of rotatable bonds is 6. The van der Waals surface area contributed by atoms with Crippen molar-refractivity contribution in [1.82, 2.24) is 9.47 Å². The first kappa shape index (κ1) is 22.5. The van der Waals surface area contributed by atoms with Gasteiger partial charge in [0.25, 0.3) is 0 Å². The van der Waals surface area contributed by atoms with Crippen LogP contribution in [0.2, 0.25) is 0 Å². The van der Waals surface area contributed by atoms with Gasteiger partial charge in [0.1, 0.15) is 12.3 Å². The van der Waals surface area contributed by atoms with E-state index in [1.165, 1.54) is 0 Å². The average Bonchev–Trinajstić information content (AvgIpc) is 3.32. The summed E-state index contributed by atoms with van der Waals surface area (Å²) in [5.41, 5.74) is 3.62. The fraction of sp³-hybridized carbons (Fsp3) is 0.429. The number of nitrogens with zero attached hydrogens (tertiary/aromatic N) is 2. The van der Waals surface area contributed by atoms with Crippen molar-refractivity contribution >= 4 is 22.6 Å². The Balaban J connectivity index is 1.43. The van der Waals surface area contributed by atoms with Gasteiger partial charge in [-0.3, -0.25) is 9.59 Å². The molecule has 34 heavy (non-hydrogen) atoms. The second-order valence-electron chi connectivity index (χ2n) is 10.8. The van der Waals surface area contributed by atoms with Crippen molar-refractivity contribution in [1.29, 1.82) is 0 Å². The van der Waals surface area contributed by atoms with Gasteiger partial charge >= 0.3 is 0 Å². The Kier molecular flexibility index (Phi) is 5.23. The third-order valence-electron chi connectivity index (χ3n) is 7.10. The Hall–Kier alpha value is -3.28. The van der Waals surface area contributed by atoms with Gasteiger partial charge in [0, 0.05) is 42.5 Å². The van der Waals surface area contributed by atoms with Crippen LogP contribution in [0.4, 0.5) is 0 Å². The fourth-order valence-corrected chi connectivity index (χ4v) is 4.90. The molecule has 0 atom stereocenters. The van der Waals surface area contributed by atoms with Crippen LogP contribution in [0, 0.1) is 0 Å². The lowest BCUT2D eigenvalue weighted by molar-refractivity contribution is -0.129. The highest BCUT2D eigenvalue weighted by atomic mass is 16.7. The zero-order valence-corrected chi connectivity index (χ0v) is 20.6. The number of ether oxygens (including phenoxy) is 2. The van der Waals surface area contributed by atoms with Crippen LogP contribution in [0.1, 0.15) is 50.4 Å². The van der Waals surface area contributed by atoms with Gasteiger partial charge in [-0.1, -0.05) is 32.9 Å². The molecule has 1 aliphatic heterocycles. The van der Waals surface area contributed by atoms with E-state index in [4.69, 9.17) is 9.47 Å². The van der Waals surface area contributed by atoms with E-state index in [0.717, 1.165) is 52.1 Å². The lowest BCUT2D eigenvalue weighted by Crippen LogP contribution is -2.28. The van der Waals surface area contributed by atoms with E-state index >= 15 is 0 Å². The van der Waals surface area contributed by atoms with Crippen LogP contribution in [-0.4, -0.2) is 42.0 Å². The largest absolute Gasteiger partial charge is 0.454 e. The van der Waals surface area contributed by atoms with Crippen molar-refractivity contribution in [2.45, 2.75) is 57.4 Å². The zero-order valence-electron chi connectivity index (χ0n) is 20.6. The summed E-state index contributed by atoms with van der Waals surface area (Å²) in [7, 11) is 3.56. The highest BCUT2D eigenvalue weighted by Crippen LogP contribution is 2.51. The molecule has 6 nitrogen and oxygen atoms in total. The van der Waals surface area contributed by atoms with Gasteiger partial charge in [0.2, 0.25) is 12.7 Å². The van der Waals surface area contributed by atoms with E-state index in [-0.39, 0.29) is 23.9 Å². The van der Waals surface area contributed by atoms with E-state index in [0.29, 0.717) is 13.0 Å². The van der Waals surface area contributed by atoms with Crippen molar-refractivity contribution < 1.29 is 19.1 Å². The van der Waals surface area contributed by atoms with Gasteiger partial charge < -0.3 is 18.9 Å².